The number of hydrogen-bond acceptors (Lipinski definition) is 5. The number of amides is 1. The predicted molar refractivity (Wildman–Crippen MR) is 85.0 cm³/mol. The van der Waals surface area contributed by atoms with Crippen LogP contribution in [0, 0.1) is 0 Å². The largest absolute Gasteiger partial charge is 0.459 e. The summed E-state index contributed by atoms with van der Waals surface area (Å²) in [6, 6.07) is 2.76. The Balaban J connectivity index is 1.94. The maximum atomic E-state index is 12.3. The van der Waals surface area contributed by atoms with Crippen molar-refractivity contribution < 1.29 is 19.1 Å². The van der Waals surface area contributed by atoms with Crippen molar-refractivity contribution in [2.24, 2.45) is 0 Å². The molecule has 0 radical (unpaired) electrons. The van der Waals surface area contributed by atoms with Crippen molar-refractivity contribution in [3.63, 3.8) is 0 Å². The van der Waals surface area contributed by atoms with Crippen LogP contribution in [0.25, 0.3) is 0 Å². The zero-order valence-corrected chi connectivity index (χ0v) is 14.3. The van der Waals surface area contributed by atoms with Crippen molar-refractivity contribution in [2.75, 3.05) is 6.54 Å². The van der Waals surface area contributed by atoms with Crippen LogP contribution in [0.15, 0.2) is 18.3 Å². The van der Waals surface area contributed by atoms with Gasteiger partial charge in [-0.25, -0.2) is 14.6 Å². The summed E-state index contributed by atoms with van der Waals surface area (Å²) < 4.78 is 10.6. The van der Waals surface area contributed by atoms with Gasteiger partial charge in [0, 0.05) is 12.7 Å². The first-order valence-electron chi connectivity index (χ1n) is 7.53. The molecule has 1 unspecified atom stereocenters. The van der Waals surface area contributed by atoms with Crippen LogP contribution in [0.1, 0.15) is 39.2 Å². The summed E-state index contributed by atoms with van der Waals surface area (Å²) in [7, 11) is 0. The summed E-state index contributed by atoms with van der Waals surface area (Å²) in [6.45, 7) is 5.97. The molecule has 1 saturated heterocycles. The van der Waals surface area contributed by atoms with Crippen LogP contribution >= 0.6 is 11.6 Å². The third-order valence-electron chi connectivity index (χ3n) is 3.32. The highest BCUT2D eigenvalue weighted by Crippen LogP contribution is 2.22. The number of likely N-dealkylation sites (tertiary alicyclic amines) is 1. The van der Waals surface area contributed by atoms with E-state index >= 15 is 0 Å². The molecule has 1 atom stereocenters. The van der Waals surface area contributed by atoms with E-state index in [1.54, 1.807) is 39.1 Å². The SMILES string of the molecule is CC(C)(C)OC(=O)N1CCCC1C(=O)OCc1ccnc(Cl)c1. The maximum absolute atomic E-state index is 12.3. The lowest BCUT2D eigenvalue weighted by Crippen LogP contribution is -2.44. The topological polar surface area (TPSA) is 68.7 Å². The molecule has 2 rings (SSSR count). The van der Waals surface area contributed by atoms with E-state index in [1.807, 2.05) is 0 Å². The zero-order valence-electron chi connectivity index (χ0n) is 13.5. The van der Waals surface area contributed by atoms with Crippen LogP contribution in [0.2, 0.25) is 5.15 Å². The fourth-order valence-electron chi connectivity index (χ4n) is 2.33. The molecule has 1 aliphatic rings. The number of ether oxygens (including phenoxy) is 2. The van der Waals surface area contributed by atoms with Crippen LogP contribution < -0.4 is 0 Å². The number of esters is 1. The number of halogens is 1. The van der Waals surface area contributed by atoms with E-state index in [2.05, 4.69) is 4.98 Å². The molecule has 1 fully saturated rings. The van der Waals surface area contributed by atoms with E-state index in [-0.39, 0.29) is 6.61 Å². The first-order valence-corrected chi connectivity index (χ1v) is 7.91. The van der Waals surface area contributed by atoms with E-state index in [0.717, 1.165) is 12.0 Å². The van der Waals surface area contributed by atoms with Gasteiger partial charge in [0.05, 0.1) is 0 Å². The Kier molecular flexibility index (Phi) is 5.46. The van der Waals surface area contributed by atoms with Crippen LogP contribution in [0.3, 0.4) is 0 Å². The Morgan fingerprint density at radius 2 is 2.17 bits per heavy atom. The highest BCUT2D eigenvalue weighted by atomic mass is 35.5. The molecule has 0 aromatic carbocycles. The zero-order chi connectivity index (χ0) is 17.0. The van der Waals surface area contributed by atoms with Crippen LogP contribution in [-0.4, -0.2) is 40.1 Å². The molecule has 6 nitrogen and oxygen atoms in total. The minimum atomic E-state index is -0.595. The smallest absolute Gasteiger partial charge is 0.411 e. The molecule has 2 heterocycles. The molecule has 126 valence electrons. The number of pyridine rings is 1. The second-order valence-electron chi connectivity index (χ2n) is 6.43. The Morgan fingerprint density at radius 3 is 2.83 bits per heavy atom. The van der Waals surface area contributed by atoms with Crippen molar-refractivity contribution in [1.29, 1.82) is 0 Å². The van der Waals surface area contributed by atoms with Crippen molar-refractivity contribution in [3.8, 4) is 0 Å². The van der Waals surface area contributed by atoms with Gasteiger partial charge < -0.3 is 9.47 Å². The fraction of sp³-hybridized carbons (Fsp3) is 0.562. The quantitative estimate of drug-likeness (QED) is 0.624. The minimum absolute atomic E-state index is 0.0970. The van der Waals surface area contributed by atoms with E-state index in [1.165, 1.54) is 4.90 Å². The van der Waals surface area contributed by atoms with E-state index in [4.69, 9.17) is 21.1 Å². The van der Waals surface area contributed by atoms with Crippen LogP contribution in [0.4, 0.5) is 4.79 Å². The third kappa shape index (κ3) is 5.10. The van der Waals surface area contributed by atoms with E-state index in [0.29, 0.717) is 18.1 Å². The number of nitrogens with zero attached hydrogens (tertiary/aromatic N) is 2. The maximum Gasteiger partial charge on any atom is 0.411 e. The Morgan fingerprint density at radius 1 is 1.43 bits per heavy atom. The van der Waals surface area contributed by atoms with Gasteiger partial charge >= 0.3 is 12.1 Å². The molecule has 0 saturated carbocycles. The fourth-order valence-corrected chi connectivity index (χ4v) is 2.53. The number of carbonyl (C=O) groups is 2. The van der Waals surface area contributed by atoms with Gasteiger partial charge in [0.15, 0.2) is 0 Å². The molecular weight excluding hydrogens is 320 g/mol. The van der Waals surface area contributed by atoms with Gasteiger partial charge in [0.1, 0.15) is 23.4 Å². The van der Waals surface area contributed by atoms with E-state index in [9.17, 15) is 9.59 Å². The second kappa shape index (κ2) is 7.17. The molecule has 1 aromatic heterocycles. The summed E-state index contributed by atoms with van der Waals surface area (Å²) in [5.41, 5.74) is 0.155. The van der Waals surface area contributed by atoms with Crippen molar-refractivity contribution >= 4 is 23.7 Å². The summed E-state index contributed by atoms with van der Waals surface area (Å²) in [4.78, 5) is 29.7. The van der Waals surface area contributed by atoms with Gasteiger partial charge in [0.25, 0.3) is 0 Å². The molecule has 0 spiro atoms. The number of carbonyl (C=O) groups excluding carboxylic acids is 2. The summed E-state index contributed by atoms with van der Waals surface area (Å²) in [5.74, 6) is -0.429. The monoisotopic (exact) mass is 340 g/mol. The Labute approximate surface area is 140 Å². The second-order valence-corrected chi connectivity index (χ2v) is 6.81. The molecule has 1 aromatic rings. The molecule has 7 heteroatoms. The molecule has 0 bridgehead atoms. The van der Waals surface area contributed by atoms with E-state index < -0.39 is 23.7 Å². The molecule has 0 N–H and O–H groups in total. The van der Waals surface area contributed by atoms with Crippen molar-refractivity contribution in [2.45, 2.75) is 51.9 Å². The summed E-state index contributed by atoms with van der Waals surface area (Å²) in [6.07, 6.45) is 2.40. The molecule has 23 heavy (non-hydrogen) atoms. The lowest BCUT2D eigenvalue weighted by Gasteiger charge is -2.27. The number of rotatable bonds is 3. The summed E-state index contributed by atoms with van der Waals surface area (Å²) >= 11 is 5.79. The van der Waals surface area contributed by atoms with Crippen LogP contribution in [0.5, 0.6) is 0 Å². The van der Waals surface area contributed by atoms with Gasteiger partial charge in [0.2, 0.25) is 0 Å². The van der Waals surface area contributed by atoms with Gasteiger partial charge in [-0.2, -0.15) is 0 Å². The van der Waals surface area contributed by atoms with Gasteiger partial charge in [-0.3, -0.25) is 4.90 Å². The summed E-state index contributed by atoms with van der Waals surface area (Å²) in [5, 5.41) is 0.342. The van der Waals surface area contributed by atoms with Gasteiger partial charge in [-0.15, -0.1) is 0 Å². The van der Waals surface area contributed by atoms with Gasteiger partial charge in [-0.05, 0) is 51.3 Å². The first kappa shape index (κ1) is 17.5. The van der Waals surface area contributed by atoms with Crippen molar-refractivity contribution in [1.82, 2.24) is 9.88 Å². The number of hydrogen-bond donors (Lipinski definition) is 0. The highest BCUT2D eigenvalue weighted by Gasteiger charge is 2.37. The lowest BCUT2D eigenvalue weighted by molar-refractivity contribution is -0.150. The first-order chi connectivity index (χ1) is 10.8. The number of aromatic nitrogens is 1. The van der Waals surface area contributed by atoms with Crippen LogP contribution in [-0.2, 0) is 20.9 Å². The minimum Gasteiger partial charge on any atom is -0.459 e. The molecule has 1 amide bonds. The molecular formula is C16H21ClN2O4. The Bertz CT molecular complexity index is 586. The Hall–Kier alpha value is -1.82. The highest BCUT2D eigenvalue weighted by molar-refractivity contribution is 6.29. The standard InChI is InChI=1S/C16H21ClN2O4/c1-16(2,3)23-15(21)19-8-4-5-12(19)14(20)22-10-11-6-7-18-13(17)9-11/h6-7,9,12H,4-5,8,10H2,1-3H3. The normalized spacial score (nSPS) is 17.9. The average molecular weight is 341 g/mol. The third-order valence-corrected chi connectivity index (χ3v) is 3.53. The lowest BCUT2D eigenvalue weighted by atomic mass is 10.2. The van der Waals surface area contributed by atoms with Crippen molar-refractivity contribution in [3.05, 3.63) is 29.0 Å². The molecule has 1 aliphatic heterocycles. The molecule has 0 aliphatic carbocycles. The average Bonchev–Trinajstić information content (AvgIpc) is 2.92. The van der Waals surface area contributed by atoms with Gasteiger partial charge in [-0.1, -0.05) is 11.6 Å². The predicted octanol–water partition coefficient (Wildman–Crippen LogP) is 3.18.